The van der Waals surface area contributed by atoms with Gasteiger partial charge in [0.05, 0.1) is 11.8 Å². The third-order valence-electron chi connectivity index (χ3n) is 2.39. The molecule has 1 aliphatic heterocycles. The van der Waals surface area contributed by atoms with E-state index < -0.39 is 5.82 Å². The van der Waals surface area contributed by atoms with Gasteiger partial charge >= 0.3 is 0 Å². The number of rotatable bonds is 2. The zero-order valence-corrected chi connectivity index (χ0v) is 8.93. The molecule has 1 aromatic rings. The molecule has 0 spiro atoms. The van der Waals surface area contributed by atoms with Crippen LogP contribution in [0.3, 0.4) is 0 Å². The maximum absolute atomic E-state index is 13.1. The Balaban J connectivity index is 2.07. The lowest BCUT2D eigenvalue weighted by Crippen LogP contribution is -2.19. The van der Waals surface area contributed by atoms with Crippen LogP contribution in [0.4, 0.5) is 10.1 Å². The van der Waals surface area contributed by atoms with Crippen molar-refractivity contribution in [3.05, 3.63) is 24.0 Å². The van der Waals surface area contributed by atoms with E-state index in [4.69, 9.17) is 5.73 Å². The summed E-state index contributed by atoms with van der Waals surface area (Å²) in [6.07, 6.45) is -0.365. The largest absolute Gasteiger partial charge is 0.396 e. The number of anilines is 1. The van der Waals surface area contributed by atoms with Crippen molar-refractivity contribution in [1.82, 2.24) is 5.32 Å². The first-order chi connectivity index (χ1) is 7.16. The lowest BCUT2D eigenvalue weighted by Gasteiger charge is -2.12. The van der Waals surface area contributed by atoms with Gasteiger partial charge in [0, 0.05) is 23.2 Å². The minimum absolute atomic E-state index is 0.0908. The molecule has 1 fully saturated rings. The molecule has 3 nitrogen and oxygen atoms in total. The number of aliphatic hydroxyl groups excluding tert-OH is 1. The summed E-state index contributed by atoms with van der Waals surface area (Å²) in [5.74, 6) is -0.402. The zero-order chi connectivity index (χ0) is 10.8. The third kappa shape index (κ3) is 2.42. The summed E-state index contributed by atoms with van der Waals surface area (Å²) in [6.45, 7) is 1.35. The molecule has 2 atom stereocenters. The number of β-amino-alcohol motifs (C(OH)–C–C–N with tert-alkyl or cyclic N) is 1. The second-order valence-electron chi connectivity index (χ2n) is 3.57. The molecule has 4 N–H and O–H groups in total. The van der Waals surface area contributed by atoms with Gasteiger partial charge in [0.25, 0.3) is 0 Å². The second kappa shape index (κ2) is 4.38. The number of halogens is 1. The highest BCUT2D eigenvalue weighted by Crippen LogP contribution is 2.28. The van der Waals surface area contributed by atoms with Gasteiger partial charge in [-0.25, -0.2) is 4.39 Å². The van der Waals surface area contributed by atoms with E-state index in [0.29, 0.717) is 6.54 Å². The van der Waals surface area contributed by atoms with Crippen LogP contribution in [-0.4, -0.2) is 29.5 Å². The van der Waals surface area contributed by atoms with Crippen molar-refractivity contribution >= 4 is 17.4 Å². The van der Waals surface area contributed by atoms with Crippen LogP contribution in [0.15, 0.2) is 23.1 Å². The lowest BCUT2D eigenvalue weighted by atomic mass is 10.3. The first kappa shape index (κ1) is 10.7. The number of hydrogen-bond donors (Lipinski definition) is 3. The zero-order valence-electron chi connectivity index (χ0n) is 8.11. The normalized spacial score (nSPS) is 25.7. The molecule has 0 amide bonds. The standard InChI is InChI=1S/C10H13FN2OS/c11-7-3-6(1-2-8(7)12)15-10-5-13-4-9(10)14/h1-3,9-10,13-14H,4-5,12H2. The number of benzene rings is 1. The molecule has 0 aliphatic carbocycles. The maximum atomic E-state index is 13.1. The second-order valence-corrected chi connectivity index (χ2v) is 4.88. The van der Waals surface area contributed by atoms with Crippen molar-refractivity contribution in [1.29, 1.82) is 0 Å². The molecule has 0 bridgehead atoms. The summed E-state index contributed by atoms with van der Waals surface area (Å²) in [5.41, 5.74) is 5.54. The van der Waals surface area contributed by atoms with Crippen LogP contribution >= 0.6 is 11.8 Å². The average Bonchev–Trinajstić information content (AvgIpc) is 2.59. The van der Waals surface area contributed by atoms with Gasteiger partial charge < -0.3 is 16.2 Å². The van der Waals surface area contributed by atoms with Crippen LogP contribution in [0.5, 0.6) is 0 Å². The van der Waals surface area contributed by atoms with Gasteiger partial charge in [0.15, 0.2) is 0 Å². The predicted molar refractivity (Wildman–Crippen MR) is 59.3 cm³/mol. The molecule has 1 heterocycles. The Hall–Kier alpha value is -0.780. The van der Waals surface area contributed by atoms with Crippen molar-refractivity contribution in [2.45, 2.75) is 16.2 Å². The molecule has 0 radical (unpaired) electrons. The van der Waals surface area contributed by atoms with E-state index in [9.17, 15) is 9.50 Å². The SMILES string of the molecule is Nc1ccc(SC2CNCC2O)cc1F. The summed E-state index contributed by atoms with van der Waals surface area (Å²) in [6, 6.07) is 4.73. The molecule has 5 heteroatoms. The van der Waals surface area contributed by atoms with Crippen LogP contribution in [0.1, 0.15) is 0 Å². The quantitative estimate of drug-likeness (QED) is 0.656. The van der Waals surface area contributed by atoms with E-state index in [0.717, 1.165) is 11.4 Å². The number of nitrogens with two attached hydrogens (primary N) is 1. The van der Waals surface area contributed by atoms with Gasteiger partial charge in [-0.3, -0.25) is 0 Å². The molecule has 1 saturated heterocycles. The highest BCUT2D eigenvalue weighted by Gasteiger charge is 2.25. The van der Waals surface area contributed by atoms with Gasteiger partial charge in [-0.2, -0.15) is 0 Å². The average molecular weight is 228 g/mol. The van der Waals surface area contributed by atoms with E-state index in [2.05, 4.69) is 5.32 Å². The monoisotopic (exact) mass is 228 g/mol. The number of aliphatic hydroxyl groups is 1. The van der Waals surface area contributed by atoms with Crippen LogP contribution in [0, 0.1) is 5.82 Å². The van der Waals surface area contributed by atoms with E-state index in [1.807, 2.05) is 0 Å². The molecule has 2 unspecified atom stereocenters. The molecule has 15 heavy (non-hydrogen) atoms. The first-order valence-electron chi connectivity index (χ1n) is 4.77. The van der Waals surface area contributed by atoms with E-state index in [-0.39, 0.29) is 17.0 Å². The van der Waals surface area contributed by atoms with Gasteiger partial charge in [-0.15, -0.1) is 11.8 Å². The Morgan fingerprint density at radius 3 is 2.87 bits per heavy atom. The van der Waals surface area contributed by atoms with Crippen molar-refractivity contribution in [3.63, 3.8) is 0 Å². The number of nitrogens with one attached hydrogen (secondary N) is 1. The Labute approximate surface area is 91.9 Å². The summed E-state index contributed by atoms with van der Waals surface area (Å²) in [7, 11) is 0. The Morgan fingerprint density at radius 2 is 2.27 bits per heavy atom. The molecule has 0 aromatic heterocycles. The molecular weight excluding hydrogens is 215 g/mol. The van der Waals surface area contributed by atoms with Crippen LogP contribution in [0.2, 0.25) is 0 Å². The van der Waals surface area contributed by atoms with Crippen molar-refractivity contribution in [3.8, 4) is 0 Å². The fourth-order valence-electron chi connectivity index (χ4n) is 1.52. The molecule has 82 valence electrons. The summed E-state index contributed by atoms with van der Waals surface area (Å²) < 4.78 is 13.1. The minimum Gasteiger partial charge on any atom is -0.396 e. The Morgan fingerprint density at radius 1 is 1.47 bits per heavy atom. The Bertz CT molecular complexity index is 361. The van der Waals surface area contributed by atoms with E-state index in [1.165, 1.54) is 17.8 Å². The first-order valence-corrected chi connectivity index (χ1v) is 5.65. The summed E-state index contributed by atoms with van der Waals surface area (Å²) in [4.78, 5) is 0.800. The lowest BCUT2D eigenvalue weighted by molar-refractivity contribution is 0.201. The number of hydrogen-bond acceptors (Lipinski definition) is 4. The Kier molecular flexibility index (Phi) is 3.14. The van der Waals surface area contributed by atoms with Gasteiger partial charge in [-0.1, -0.05) is 0 Å². The minimum atomic E-state index is -0.402. The van der Waals surface area contributed by atoms with Gasteiger partial charge in [0.1, 0.15) is 5.82 Å². The topological polar surface area (TPSA) is 58.3 Å². The number of thioether (sulfide) groups is 1. The third-order valence-corrected chi connectivity index (χ3v) is 3.70. The van der Waals surface area contributed by atoms with E-state index in [1.54, 1.807) is 12.1 Å². The van der Waals surface area contributed by atoms with Crippen molar-refractivity contribution < 1.29 is 9.50 Å². The van der Waals surface area contributed by atoms with Crippen LogP contribution < -0.4 is 11.1 Å². The number of nitrogen functional groups attached to an aromatic ring is 1. The fourth-order valence-corrected chi connectivity index (χ4v) is 2.64. The summed E-state index contributed by atoms with van der Waals surface area (Å²) in [5, 5.41) is 12.7. The smallest absolute Gasteiger partial charge is 0.147 e. The molecule has 0 saturated carbocycles. The van der Waals surface area contributed by atoms with Gasteiger partial charge in [0.2, 0.25) is 0 Å². The summed E-state index contributed by atoms with van der Waals surface area (Å²) >= 11 is 1.47. The predicted octanol–water partition coefficient (Wildman–Crippen LogP) is 0.833. The molecule has 1 aromatic carbocycles. The van der Waals surface area contributed by atoms with Crippen molar-refractivity contribution in [2.75, 3.05) is 18.8 Å². The van der Waals surface area contributed by atoms with Crippen LogP contribution in [0.25, 0.3) is 0 Å². The molecule has 1 aliphatic rings. The van der Waals surface area contributed by atoms with Crippen molar-refractivity contribution in [2.24, 2.45) is 0 Å². The maximum Gasteiger partial charge on any atom is 0.147 e. The fraction of sp³-hybridized carbons (Fsp3) is 0.400. The molecule has 2 rings (SSSR count). The van der Waals surface area contributed by atoms with Crippen LogP contribution in [-0.2, 0) is 0 Å². The molecular formula is C10H13FN2OS. The highest BCUT2D eigenvalue weighted by atomic mass is 32.2. The highest BCUT2D eigenvalue weighted by molar-refractivity contribution is 8.00. The van der Waals surface area contributed by atoms with Gasteiger partial charge in [-0.05, 0) is 18.2 Å². The van der Waals surface area contributed by atoms with E-state index >= 15 is 0 Å².